The minimum atomic E-state index is -0.503. The second-order valence-corrected chi connectivity index (χ2v) is 6.45. The van der Waals surface area contributed by atoms with Crippen LogP contribution in [0.5, 0.6) is 0 Å². The highest BCUT2D eigenvalue weighted by atomic mass is 16.5. The number of carbonyl (C=O) groups excluding carboxylic acids is 1. The number of morpholine rings is 1. The quantitative estimate of drug-likeness (QED) is 0.751. The van der Waals surface area contributed by atoms with Gasteiger partial charge in [-0.2, -0.15) is 0 Å². The predicted octanol–water partition coefficient (Wildman–Crippen LogP) is 1.56. The number of likely N-dealkylation sites (N-methyl/N-ethyl adjacent to an activating group) is 1. The summed E-state index contributed by atoms with van der Waals surface area (Å²) in [4.78, 5) is 34.7. The van der Waals surface area contributed by atoms with Gasteiger partial charge in [-0.3, -0.25) is 9.78 Å². The molecule has 140 valence electrons. The number of nitrogens with one attached hydrogen (secondary N) is 1. The Hall–Kier alpha value is -3.13. The molecule has 1 amide bonds. The predicted molar refractivity (Wildman–Crippen MR) is 101 cm³/mol. The summed E-state index contributed by atoms with van der Waals surface area (Å²) in [5, 5.41) is 0. The summed E-state index contributed by atoms with van der Waals surface area (Å²) < 4.78 is 10.3. The fourth-order valence-corrected chi connectivity index (χ4v) is 3.10. The minimum Gasteiger partial charge on any atom is -0.408 e. The Balaban J connectivity index is 1.45. The number of anilines is 2. The van der Waals surface area contributed by atoms with E-state index < -0.39 is 5.76 Å². The van der Waals surface area contributed by atoms with Crippen LogP contribution in [0.2, 0.25) is 0 Å². The minimum absolute atomic E-state index is 0.0684. The lowest BCUT2D eigenvalue weighted by Crippen LogP contribution is -2.36. The average Bonchev–Trinajstić information content (AvgIpc) is 3.07. The van der Waals surface area contributed by atoms with E-state index >= 15 is 0 Å². The molecule has 3 aromatic rings. The van der Waals surface area contributed by atoms with Crippen molar-refractivity contribution in [1.29, 1.82) is 0 Å². The summed E-state index contributed by atoms with van der Waals surface area (Å²) in [5.41, 5.74) is 2.60. The number of fused-ring (bicyclic) bond motifs is 1. The molecule has 8 nitrogen and oxygen atoms in total. The Bertz CT molecular complexity index is 1000. The first kappa shape index (κ1) is 17.3. The van der Waals surface area contributed by atoms with Crippen LogP contribution < -0.4 is 15.6 Å². The molecule has 0 saturated carbocycles. The number of H-pyrrole nitrogens is 1. The maximum atomic E-state index is 12.6. The van der Waals surface area contributed by atoms with Gasteiger partial charge in [0.2, 0.25) is 5.91 Å². The number of nitrogens with zero attached hydrogens (tertiary/aromatic N) is 3. The Morgan fingerprint density at radius 3 is 2.81 bits per heavy atom. The number of carbonyl (C=O) groups is 1. The molecule has 2 aromatic heterocycles. The third-order valence-corrected chi connectivity index (χ3v) is 4.67. The van der Waals surface area contributed by atoms with E-state index in [9.17, 15) is 9.59 Å². The van der Waals surface area contributed by atoms with E-state index in [0.717, 1.165) is 30.2 Å². The highest BCUT2D eigenvalue weighted by Crippen LogP contribution is 2.19. The molecular weight excluding hydrogens is 348 g/mol. The smallest absolute Gasteiger partial charge is 0.408 e. The molecular formula is C19H20N4O4. The molecule has 3 heterocycles. The number of aromatic nitrogens is 2. The van der Waals surface area contributed by atoms with Gasteiger partial charge in [0.15, 0.2) is 5.58 Å². The van der Waals surface area contributed by atoms with Crippen molar-refractivity contribution in [2.45, 2.75) is 6.42 Å². The molecule has 0 radical (unpaired) electrons. The van der Waals surface area contributed by atoms with Crippen LogP contribution in [0.15, 0.2) is 45.7 Å². The highest BCUT2D eigenvalue weighted by Gasteiger charge is 2.15. The van der Waals surface area contributed by atoms with Crippen molar-refractivity contribution < 1.29 is 13.9 Å². The second-order valence-electron chi connectivity index (χ2n) is 6.45. The average molecular weight is 368 g/mol. The van der Waals surface area contributed by atoms with Crippen LogP contribution in [-0.4, -0.2) is 49.2 Å². The number of benzene rings is 1. The maximum absolute atomic E-state index is 12.6. The standard InChI is InChI=1S/C19H20N4O4/c1-22(14-3-5-17(20-12-14)23-6-8-26-9-7-23)18(24)11-13-2-4-16-15(10-13)21-19(25)27-16/h2-5,10,12H,6-9,11H2,1H3,(H,21,25). The maximum Gasteiger partial charge on any atom is 0.417 e. The van der Waals surface area contributed by atoms with Crippen molar-refractivity contribution in [3.05, 3.63) is 52.6 Å². The lowest BCUT2D eigenvalue weighted by atomic mass is 10.1. The van der Waals surface area contributed by atoms with Gasteiger partial charge in [-0.05, 0) is 29.8 Å². The van der Waals surface area contributed by atoms with E-state index in [0.29, 0.717) is 24.3 Å². The van der Waals surface area contributed by atoms with Gasteiger partial charge < -0.3 is 19.0 Å². The SMILES string of the molecule is CN(C(=O)Cc1ccc2oc(=O)[nH]c2c1)c1ccc(N2CCOCC2)nc1. The Morgan fingerprint density at radius 1 is 1.26 bits per heavy atom. The molecule has 4 rings (SSSR count). The monoisotopic (exact) mass is 368 g/mol. The molecule has 1 aromatic carbocycles. The molecule has 0 bridgehead atoms. The molecule has 1 aliphatic heterocycles. The lowest BCUT2D eigenvalue weighted by Gasteiger charge is -2.28. The molecule has 1 aliphatic rings. The van der Waals surface area contributed by atoms with Crippen molar-refractivity contribution >= 4 is 28.5 Å². The van der Waals surface area contributed by atoms with Crippen LogP contribution in [-0.2, 0) is 16.0 Å². The van der Waals surface area contributed by atoms with Gasteiger partial charge >= 0.3 is 5.76 Å². The van der Waals surface area contributed by atoms with Crippen molar-refractivity contribution in [2.24, 2.45) is 0 Å². The number of rotatable bonds is 4. The first-order valence-electron chi connectivity index (χ1n) is 8.77. The molecule has 0 aliphatic carbocycles. The Labute approximate surface area is 155 Å². The van der Waals surface area contributed by atoms with Crippen LogP contribution in [0.1, 0.15) is 5.56 Å². The summed E-state index contributed by atoms with van der Waals surface area (Å²) in [6.07, 6.45) is 1.92. The topological polar surface area (TPSA) is 91.7 Å². The number of amides is 1. The first-order chi connectivity index (χ1) is 13.1. The summed E-state index contributed by atoms with van der Waals surface area (Å²) in [7, 11) is 1.73. The first-order valence-corrected chi connectivity index (χ1v) is 8.77. The van der Waals surface area contributed by atoms with Crippen molar-refractivity contribution in [2.75, 3.05) is 43.2 Å². The van der Waals surface area contributed by atoms with Gasteiger partial charge in [-0.15, -0.1) is 0 Å². The Kier molecular flexibility index (Phi) is 4.64. The largest absolute Gasteiger partial charge is 0.417 e. The number of pyridine rings is 1. The number of hydrogen-bond donors (Lipinski definition) is 1. The van der Waals surface area contributed by atoms with Crippen LogP contribution in [0.25, 0.3) is 11.1 Å². The van der Waals surface area contributed by atoms with Crippen molar-refractivity contribution in [1.82, 2.24) is 9.97 Å². The summed E-state index contributed by atoms with van der Waals surface area (Å²) in [5.74, 6) is 0.315. The molecule has 0 spiro atoms. The van der Waals surface area contributed by atoms with Gasteiger partial charge in [-0.25, -0.2) is 9.78 Å². The fraction of sp³-hybridized carbons (Fsp3) is 0.316. The van der Waals surface area contributed by atoms with Crippen LogP contribution in [0.3, 0.4) is 0 Å². The van der Waals surface area contributed by atoms with Crippen LogP contribution in [0.4, 0.5) is 11.5 Å². The lowest BCUT2D eigenvalue weighted by molar-refractivity contribution is -0.117. The van der Waals surface area contributed by atoms with E-state index in [4.69, 9.17) is 9.15 Å². The summed E-state index contributed by atoms with van der Waals surface area (Å²) in [6, 6.07) is 9.05. The Morgan fingerprint density at radius 2 is 2.07 bits per heavy atom. The van der Waals surface area contributed by atoms with Gasteiger partial charge in [0.25, 0.3) is 0 Å². The van der Waals surface area contributed by atoms with Crippen LogP contribution >= 0.6 is 0 Å². The zero-order valence-electron chi connectivity index (χ0n) is 15.0. The van der Waals surface area contributed by atoms with Gasteiger partial charge in [0.05, 0.1) is 37.0 Å². The van der Waals surface area contributed by atoms with E-state index in [-0.39, 0.29) is 12.3 Å². The van der Waals surface area contributed by atoms with Crippen LogP contribution in [0, 0.1) is 0 Å². The fourth-order valence-electron chi connectivity index (χ4n) is 3.10. The number of oxazole rings is 1. The number of ether oxygens (including phenoxy) is 1. The zero-order valence-corrected chi connectivity index (χ0v) is 15.0. The van der Waals surface area contributed by atoms with E-state index in [1.54, 1.807) is 36.3 Å². The van der Waals surface area contributed by atoms with E-state index in [1.165, 1.54) is 0 Å². The third kappa shape index (κ3) is 3.70. The van der Waals surface area contributed by atoms with Crippen molar-refractivity contribution in [3.8, 4) is 0 Å². The molecule has 0 atom stereocenters. The van der Waals surface area contributed by atoms with Gasteiger partial charge in [-0.1, -0.05) is 6.07 Å². The van der Waals surface area contributed by atoms with E-state index in [2.05, 4.69) is 14.9 Å². The molecule has 1 fully saturated rings. The molecule has 0 unspecified atom stereocenters. The zero-order chi connectivity index (χ0) is 18.8. The second kappa shape index (κ2) is 7.24. The molecule has 27 heavy (non-hydrogen) atoms. The normalized spacial score (nSPS) is 14.5. The molecule has 8 heteroatoms. The van der Waals surface area contributed by atoms with Gasteiger partial charge in [0.1, 0.15) is 5.82 Å². The number of aromatic amines is 1. The van der Waals surface area contributed by atoms with E-state index in [1.807, 2.05) is 12.1 Å². The summed E-state index contributed by atoms with van der Waals surface area (Å²) in [6.45, 7) is 3.04. The number of hydrogen-bond acceptors (Lipinski definition) is 6. The third-order valence-electron chi connectivity index (χ3n) is 4.67. The molecule has 1 N–H and O–H groups in total. The van der Waals surface area contributed by atoms with Gasteiger partial charge in [0, 0.05) is 20.1 Å². The highest BCUT2D eigenvalue weighted by molar-refractivity contribution is 5.94. The van der Waals surface area contributed by atoms with Crippen molar-refractivity contribution in [3.63, 3.8) is 0 Å². The summed E-state index contributed by atoms with van der Waals surface area (Å²) >= 11 is 0. The molecule has 1 saturated heterocycles.